The van der Waals surface area contributed by atoms with E-state index in [1.54, 1.807) is 6.07 Å². The average Bonchev–Trinajstić information content (AvgIpc) is 2.84. The van der Waals surface area contributed by atoms with E-state index in [1.807, 2.05) is 11.8 Å². The van der Waals surface area contributed by atoms with Crippen LogP contribution in [-0.2, 0) is 14.3 Å². The minimum atomic E-state index is -0.865. The van der Waals surface area contributed by atoms with Crippen molar-refractivity contribution in [2.75, 3.05) is 37.5 Å². The van der Waals surface area contributed by atoms with Gasteiger partial charge in [0.2, 0.25) is 5.91 Å². The zero-order chi connectivity index (χ0) is 27.7. The van der Waals surface area contributed by atoms with Gasteiger partial charge in [-0.05, 0) is 12.5 Å². The molecule has 198 valence electrons. The quantitative estimate of drug-likeness (QED) is 0.162. The molecular formula is C22H25ClN6O8. The molecule has 1 amide bonds. The third kappa shape index (κ3) is 7.57. The molecule has 0 unspecified atom stereocenters. The van der Waals surface area contributed by atoms with Crippen LogP contribution in [0.1, 0.15) is 26.7 Å². The Balaban J connectivity index is 2.63. The van der Waals surface area contributed by atoms with Gasteiger partial charge >= 0.3 is 11.7 Å². The largest absolute Gasteiger partial charge is 0.494 e. The number of azo groups is 1. The Morgan fingerprint density at radius 2 is 1.78 bits per heavy atom. The summed E-state index contributed by atoms with van der Waals surface area (Å²) in [5, 5.41) is 32.7. The van der Waals surface area contributed by atoms with E-state index in [2.05, 4.69) is 15.5 Å². The van der Waals surface area contributed by atoms with Crippen molar-refractivity contribution in [3.8, 4) is 5.75 Å². The summed E-state index contributed by atoms with van der Waals surface area (Å²) in [6.45, 7) is 4.10. The molecule has 2 aromatic carbocycles. The summed E-state index contributed by atoms with van der Waals surface area (Å²) in [7, 11) is 2.71. The Labute approximate surface area is 216 Å². The third-order valence-electron chi connectivity index (χ3n) is 4.95. The average molecular weight is 537 g/mol. The van der Waals surface area contributed by atoms with Crippen molar-refractivity contribution in [2.45, 2.75) is 26.7 Å². The van der Waals surface area contributed by atoms with Crippen molar-refractivity contribution in [3.05, 3.63) is 49.5 Å². The second-order valence-corrected chi connectivity index (χ2v) is 7.95. The number of amides is 1. The summed E-state index contributed by atoms with van der Waals surface area (Å²) in [6, 6.07) is 4.68. The zero-order valence-electron chi connectivity index (χ0n) is 20.5. The Bertz CT molecular complexity index is 1240. The SMILES string of the molecule is CCCN(CCC(=O)OC)c1cc(NC(C)=O)c(N=Nc2c(Cl)cc([N+](=O)[O-])cc2[N+](=O)[O-])cc1OC. The molecule has 0 fully saturated rings. The number of carbonyl (C=O) groups excluding carboxylic acids is 2. The maximum absolute atomic E-state index is 11.9. The summed E-state index contributed by atoms with van der Waals surface area (Å²) in [4.78, 5) is 46.3. The smallest absolute Gasteiger partial charge is 0.307 e. The van der Waals surface area contributed by atoms with E-state index < -0.39 is 38.8 Å². The lowest BCUT2D eigenvalue weighted by Gasteiger charge is -2.26. The Kier molecular flexibility index (Phi) is 10.2. The minimum absolute atomic E-state index is 0.0731. The van der Waals surface area contributed by atoms with Crippen LogP contribution in [0, 0.1) is 20.2 Å². The van der Waals surface area contributed by atoms with E-state index in [9.17, 15) is 29.8 Å². The number of benzene rings is 2. The first kappa shape index (κ1) is 28.9. The van der Waals surface area contributed by atoms with E-state index in [0.717, 1.165) is 18.6 Å². The van der Waals surface area contributed by atoms with Crippen molar-refractivity contribution in [2.24, 2.45) is 10.2 Å². The Hall–Kier alpha value is -4.33. The molecule has 0 aliphatic rings. The predicted octanol–water partition coefficient (Wildman–Crippen LogP) is 5.32. The van der Waals surface area contributed by atoms with Crippen LogP contribution in [0.15, 0.2) is 34.5 Å². The molecule has 0 aliphatic heterocycles. The number of non-ortho nitro benzene ring substituents is 1. The van der Waals surface area contributed by atoms with Crippen molar-refractivity contribution >= 4 is 57.6 Å². The molecule has 0 radical (unpaired) electrons. The second kappa shape index (κ2) is 13.1. The predicted molar refractivity (Wildman–Crippen MR) is 135 cm³/mol. The Morgan fingerprint density at radius 1 is 1.08 bits per heavy atom. The van der Waals surface area contributed by atoms with Crippen molar-refractivity contribution < 1.29 is 28.9 Å². The van der Waals surface area contributed by atoms with Gasteiger partial charge in [0.1, 0.15) is 11.4 Å². The fraction of sp³-hybridized carbons (Fsp3) is 0.364. The second-order valence-electron chi connectivity index (χ2n) is 7.55. The molecule has 0 bridgehead atoms. The fourth-order valence-electron chi connectivity index (χ4n) is 3.31. The van der Waals surface area contributed by atoms with E-state index in [-0.39, 0.29) is 22.8 Å². The van der Waals surface area contributed by atoms with Crippen LogP contribution in [0.3, 0.4) is 0 Å². The number of nitrogens with zero attached hydrogens (tertiary/aromatic N) is 5. The summed E-state index contributed by atoms with van der Waals surface area (Å²) in [6.07, 6.45) is 0.850. The lowest BCUT2D eigenvalue weighted by molar-refractivity contribution is -0.393. The lowest BCUT2D eigenvalue weighted by atomic mass is 10.1. The Morgan fingerprint density at radius 3 is 2.32 bits per heavy atom. The summed E-state index contributed by atoms with van der Waals surface area (Å²) >= 11 is 6.04. The lowest BCUT2D eigenvalue weighted by Crippen LogP contribution is -2.28. The van der Waals surface area contributed by atoms with Gasteiger partial charge in [-0.1, -0.05) is 18.5 Å². The van der Waals surface area contributed by atoms with E-state index in [4.69, 9.17) is 21.1 Å². The molecule has 0 heterocycles. The maximum atomic E-state index is 11.9. The number of nitro benzene ring substituents is 2. The summed E-state index contributed by atoms with van der Waals surface area (Å²) < 4.78 is 10.2. The molecule has 0 aliphatic carbocycles. The van der Waals surface area contributed by atoms with Gasteiger partial charge in [-0.25, -0.2) is 0 Å². The fourth-order valence-corrected chi connectivity index (χ4v) is 3.56. The molecular weight excluding hydrogens is 512 g/mol. The highest BCUT2D eigenvalue weighted by atomic mass is 35.5. The van der Waals surface area contributed by atoms with Gasteiger partial charge in [-0.3, -0.25) is 29.8 Å². The number of rotatable bonds is 12. The number of methoxy groups -OCH3 is 2. The number of nitrogens with one attached hydrogen (secondary N) is 1. The highest BCUT2D eigenvalue weighted by Crippen LogP contribution is 2.43. The molecule has 0 atom stereocenters. The molecule has 14 nitrogen and oxygen atoms in total. The highest BCUT2D eigenvalue weighted by Gasteiger charge is 2.24. The minimum Gasteiger partial charge on any atom is -0.494 e. The summed E-state index contributed by atoms with van der Waals surface area (Å²) in [5.74, 6) is -0.497. The molecule has 15 heteroatoms. The topological polar surface area (TPSA) is 179 Å². The van der Waals surface area contributed by atoms with Crippen LogP contribution in [0.2, 0.25) is 5.02 Å². The van der Waals surface area contributed by atoms with E-state index in [1.165, 1.54) is 27.2 Å². The molecule has 2 rings (SSSR count). The number of hydrogen-bond acceptors (Lipinski definition) is 11. The monoisotopic (exact) mass is 536 g/mol. The van der Waals surface area contributed by atoms with Gasteiger partial charge in [0.15, 0.2) is 5.69 Å². The van der Waals surface area contributed by atoms with Crippen LogP contribution < -0.4 is 15.0 Å². The number of halogens is 1. The number of ether oxygens (including phenoxy) is 2. The van der Waals surface area contributed by atoms with Crippen LogP contribution >= 0.6 is 11.6 Å². The van der Waals surface area contributed by atoms with Crippen molar-refractivity contribution in [1.82, 2.24) is 0 Å². The molecule has 0 saturated heterocycles. The van der Waals surface area contributed by atoms with Crippen molar-refractivity contribution in [3.63, 3.8) is 0 Å². The first-order chi connectivity index (χ1) is 17.5. The number of esters is 1. The van der Waals surface area contributed by atoms with Gasteiger partial charge in [0, 0.05) is 32.1 Å². The number of nitro groups is 2. The first-order valence-electron chi connectivity index (χ1n) is 10.9. The van der Waals surface area contributed by atoms with Gasteiger partial charge in [0.05, 0.1) is 53.0 Å². The van der Waals surface area contributed by atoms with Gasteiger partial charge in [0.25, 0.3) is 5.69 Å². The number of anilines is 2. The molecule has 1 N–H and O–H groups in total. The van der Waals surface area contributed by atoms with E-state index in [0.29, 0.717) is 24.5 Å². The molecule has 37 heavy (non-hydrogen) atoms. The summed E-state index contributed by atoms with van der Waals surface area (Å²) in [5.41, 5.74) is -0.876. The zero-order valence-corrected chi connectivity index (χ0v) is 21.3. The first-order valence-corrected chi connectivity index (χ1v) is 11.3. The van der Waals surface area contributed by atoms with Crippen molar-refractivity contribution in [1.29, 1.82) is 0 Å². The van der Waals surface area contributed by atoms with Gasteiger partial charge in [-0.2, -0.15) is 0 Å². The molecule has 2 aromatic rings. The molecule has 0 saturated carbocycles. The van der Waals surface area contributed by atoms with Crippen LogP contribution in [-0.4, -0.2) is 49.0 Å². The van der Waals surface area contributed by atoms with E-state index >= 15 is 0 Å². The number of hydrogen-bond donors (Lipinski definition) is 1. The van der Waals surface area contributed by atoms with Gasteiger partial charge in [-0.15, -0.1) is 10.2 Å². The number of carbonyl (C=O) groups is 2. The standard InChI is InChI=1S/C22H25ClN6O8/c1-5-7-27(8-6-21(31)37-4)18-11-16(24-13(2)30)17(12-20(18)36-3)25-26-22-15(23)9-14(28(32)33)10-19(22)29(34)35/h9-12H,5-8H2,1-4H3,(H,24,30). The normalized spacial score (nSPS) is 10.7. The molecule has 0 aromatic heterocycles. The van der Waals surface area contributed by atoms with Crippen LogP contribution in [0.25, 0.3) is 0 Å². The molecule has 0 spiro atoms. The highest BCUT2D eigenvalue weighted by molar-refractivity contribution is 6.33. The third-order valence-corrected chi connectivity index (χ3v) is 5.24. The van der Waals surface area contributed by atoms with Crippen LogP contribution in [0.5, 0.6) is 5.75 Å². The van der Waals surface area contributed by atoms with Gasteiger partial charge < -0.3 is 19.7 Å². The maximum Gasteiger partial charge on any atom is 0.307 e. The van der Waals surface area contributed by atoms with Crippen LogP contribution in [0.4, 0.5) is 34.1 Å².